The number of unbranched alkanes of at least 4 members (excludes halogenated alkanes) is 1. The fourth-order valence-corrected chi connectivity index (χ4v) is 1.40. The van der Waals surface area contributed by atoms with Gasteiger partial charge in [0.25, 0.3) is 0 Å². The standard InChI is InChI=1S/C13H18N2O2/c1-2-16-13-9-11(10-15)5-6-12(13)17-8-4-3-7-14/h5-6,9H,2-4,8,10,15H2,1H3. The van der Waals surface area contributed by atoms with Gasteiger partial charge in [0.1, 0.15) is 0 Å². The molecule has 4 nitrogen and oxygen atoms in total. The topological polar surface area (TPSA) is 68.3 Å². The Bertz CT molecular complexity index is 385. The molecule has 0 spiro atoms. The summed E-state index contributed by atoms with van der Waals surface area (Å²) < 4.78 is 11.1. The lowest BCUT2D eigenvalue weighted by Crippen LogP contribution is -2.03. The van der Waals surface area contributed by atoms with Gasteiger partial charge in [-0.3, -0.25) is 0 Å². The lowest BCUT2D eigenvalue weighted by molar-refractivity contribution is 0.274. The quantitative estimate of drug-likeness (QED) is 0.734. The van der Waals surface area contributed by atoms with Gasteiger partial charge in [0, 0.05) is 13.0 Å². The fraction of sp³-hybridized carbons (Fsp3) is 0.462. The average Bonchev–Trinajstić information content (AvgIpc) is 2.36. The Morgan fingerprint density at radius 3 is 2.76 bits per heavy atom. The summed E-state index contributed by atoms with van der Waals surface area (Å²) in [5, 5.41) is 8.43. The molecule has 4 heteroatoms. The summed E-state index contributed by atoms with van der Waals surface area (Å²) in [4.78, 5) is 0. The smallest absolute Gasteiger partial charge is 0.161 e. The first-order valence-electron chi connectivity index (χ1n) is 5.77. The van der Waals surface area contributed by atoms with Crippen molar-refractivity contribution >= 4 is 0 Å². The maximum absolute atomic E-state index is 8.43. The highest BCUT2D eigenvalue weighted by atomic mass is 16.5. The van der Waals surface area contributed by atoms with Crippen LogP contribution >= 0.6 is 0 Å². The molecule has 1 rings (SSSR count). The molecule has 0 heterocycles. The summed E-state index contributed by atoms with van der Waals surface area (Å²) in [6.45, 7) is 3.52. The van der Waals surface area contributed by atoms with Crippen LogP contribution in [0.15, 0.2) is 18.2 Å². The molecule has 0 saturated carbocycles. The molecule has 0 fully saturated rings. The zero-order valence-electron chi connectivity index (χ0n) is 10.1. The third-order valence-electron chi connectivity index (χ3n) is 2.23. The second kappa shape index (κ2) is 7.53. The normalized spacial score (nSPS) is 9.71. The molecule has 1 aromatic carbocycles. The van der Waals surface area contributed by atoms with Crippen LogP contribution in [-0.4, -0.2) is 13.2 Å². The Hall–Kier alpha value is -1.73. The van der Waals surface area contributed by atoms with Gasteiger partial charge in [0.05, 0.1) is 19.3 Å². The van der Waals surface area contributed by atoms with Gasteiger partial charge in [-0.25, -0.2) is 0 Å². The van der Waals surface area contributed by atoms with E-state index in [9.17, 15) is 0 Å². The molecule has 0 aliphatic carbocycles. The van der Waals surface area contributed by atoms with E-state index in [2.05, 4.69) is 6.07 Å². The number of hydrogen-bond donors (Lipinski definition) is 1. The van der Waals surface area contributed by atoms with Gasteiger partial charge < -0.3 is 15.2 Å². The number of nitrogens with zero attached hydrogens (tertiary/aromatic N) is 1. The SMILES string of the molecule is CCOc1cc(CN)ccc1OCCCC#N. The van der Waals surface area contributed by atoms with Crippen molar-refractivity contribution in [3.63, 3.8) is 0 Å². The molecule has 0 aliphatic rings. The van der Waals surface area contributed by atoms with Crippen LogP contribution in [0.25, 0.3) is 0 Å². The lowest BCUT2D eigenvalue weighted by atomic mass is 10.2. The number of rotatable bonds is 7. The minimum absolute atomic E-state index is 0.481. The van der Waals surface area contributed by atoms with Crippen LogP contribution in [0, 0.1) is 11.3 Å². The molecular formula is C13H18N2O2. The van der Waals surface area contributed by atoms with Gasteiger partial charge in [-0.15, -0.1) is 0 Å². The molecule has 0 atom stereocenters. The van der Waals surface area contributed by atoms with Gasteiger partial charge in [-0.2, -0.15) is 5.26 Å². The molecule has 0 aromatic heterocycles. The second-order valence-electron chi connectivity index (χ2n) is 3.53. The summed E-state index contributed by atoms with van der Waals surface area (Å²) in [6, 6.07) is 7.76. The van der Waals surface area contributed by atoms with Crippen LogP contribution in [0.4, 0.5) is 0 Å². The molecule has 1 aromatic rings. The van der Waals surface area contributed by atoms with E-state index in [4.69, 9.17) is 20.5 Å². The van der Waals surface area contributed by atoms with E-state index in [1.807, 2.05) is 25.1 Å². The first-order chi connectivity index (χ1) is 8.31. The first-order valence-corrected chi connectivity index (χ1v) is 5.77. The Balaban J connectivity index is 2.66. The van der Waals surface area contributed by atoms with Crippen molar-refractivity contribution in [2.75, 3.05) is 13.2 Å². The molecule has 0 saturated heterocycles. The molecular weight excluding hydrogens is 216 g/mol. The van der Waals surface area contributed by atoms with E-state index in [0.29, 0.717) is 37.7 Å². The highest BCUT2D eigenvalue weighted by Gasteiger charge is 2.05. The van der Waals surface area contributed by atoms with Crippen LogP contribution in [0.1, 0.15) is 25.3 Å². The summed E-state index contributed by atoms with van der Waals surface area (Å²) in [5.41, 5.74) is 6.58. The van der Waals surface area contributed by atoms with Crippen LogP contribution in [0.3, 0.4) is 0 Å². The van der Waals surface area contributed by atoms with Gasteiger partial charge in [-0.05, 0) is 31.0 Å². The minimum atomic E-state index is 0.481. The third-order valence-corrected chi connectivity index (χ3v) is 2.23. The second-order valence-corrected chi connectivity index (χ2v) is 3.53. The summed E-state index contributed by atoms with van der Waals surface area (Å²) in [6.07, 6.45) is 1.23. The summed E-state index contributed by atoms with van der Waals surface area (Å²) in [5.74, 6) is 1.43. The van der Waals surface area contributed by atoms with E-state index in [1.165, 1.54) is 0 Å². The first kappa shape index (κ1) is 13.3. The predicted molar refractivity (Wildman–Crippen MR) is 65.8 cm³/mol. The number of hydrogen-bond acceptors (Lipinski definition) is 4. The van der Waals surface area contributed by atoms with Crippen molar-refractivity contribution in [1.82, 2.24) is 0 Å². The molecule has 92 valence electrons. The van der Waals surface area contributed by atoms with Crippen molar-refractivity contribution in [1.29, 1.82) is 5.26 Å². The van der Waals surface area contributed by atoms with Crippen molar-refractivity contribution in [3.05, 3.63) is 23.8 Å². The van der Waals surface area contributed by atoms with Crippen LogP contribution in [0.2, 0.25) is 0 Å². The highest BCUT2D eigenvalue weighted by Crippen LogP contribution is 2.28. The van der Waals surface area contributed by atoms with Crippen LogP contribution in [-0.2, 0) is 6.54 Å². The Morgan fingerprint density at radius 1 is 1.29 bits per heavy atom. The number of nitrogens with two attached hydrogens (primary N) is 1. The zero-order valence-corrected chi connectivity index (χ0v) is 10.1. The predicted octanol–water partition coefficient (Wildman–Crippen LogP) is 2.23. The monoisotopic (exact) mass is 234 g/mol. The van der Waals surface area contributed by atoms with Crippen molar-refractivity contribution in [3.8, 4) is 17.6 Å². The van der Waals surface area contributed by atoms with Crippen molar-refractivity contribution in [2.45, 2.75) is 26.3 Å². The number of ether oxygens (including phenoxy) is 2. The highest BCUT2D eigenvalue weighted by molar-refractivity contribution is 5.43. The Kier molecular flexibility index (Phi) is 5.91. The maximum atomic E-state index is 8.43. The van der Waals surface area contributed by atoms with Gasteiger partial charge in [0.15, 0.2) is 11.5 Å². The largest absolute Gasteiger partial charge is 0.490 e. The summed E-state index contributed by atoms with van der Waals surface area (Å²) >= 11 is 0. The van der Waals surface area contributed by atoms with E-state index >= 15 is 0 Å². The molecule has 17 heavy (non-hydrogen) atoms. The Morgan fingerprint density at radius 2 is 2.12 bits per heavy atom. The van der Waals surface area contributed by atoms with Gasteiger partial charge in [0.2, 0.25) is 0 Å². The van der Waals surface area contributed by atoms with E-state index in [1.54, 1.807) is 0 Å². The van der Waals surface area contributed by atoms with Crippen molar-refractivity contribution < 1.29 is 9.47 Å². The number of benzene rings is 1. The van der Waals surface area contributed by atoms with E-state index in [-0.39, 0.29) is 0 Å². The molecule has 2 N–H and O–H groups in total. The van der Waals surface area contributed by atoms with E-state index in [0.717, 1.165) is 12.0 Å². The van der Waals surface area contributed by atoms with Gasteiger partial charge in [-0.1, -0.05) is 6.07 Å². The third kappa shape index (κ3) is 4.33. The lowest BCUT2D eigenvalue weighted by Gasteiger charge is -2.12. The van der Waals surface area contributed by atoms with E-state index < -0.39 is 0 Å². The zero-order chi connectivity index (χ0) is 12.5. The molecule has 0 radical (unpaired) electrons. The van der Waals surface area contributed by atoms with Crippen molar-refractivity contribution in [2.24, 2.45) is 5.73 Å². The maximum Gasteiger partial charge on any atom is 0.161 e. The Labute approximate surface area is 102 Å². The molecule has 0 aliphatic heterocycles. The number of nitriles is 1. The fourth-order valence-electron chi connectivity index (χ4n) is 1.40. The molecule has 0 bridgehead atoms. The molecule has 0 unspecified atom stereocenters. The van der Waals surface area contributed by atoms with Crippen LogP contribution < -0.4 is 15.2 Å². The molecule has 0 amide bonds. The average molecular weight is 234 g/mol. The van der Waals surface area contributed by atoms with Crippen LogP contribution in [0.5, 0.6) is 11.5 Å². The minimum Gasteiger partial charge on any atom is -0.490 e. The van der Waals surface area contributed by atoms with Gasteiger partial charge >= 0.3 is 0 Å². The summed E-state index contributed by atoms with van der Waals surface area (Å²) in [7, 11) is 0.